The Kier molecular flexibility index (Phi) is 1.82. The van der Waals surface area contributed by atoms with Crippen molar-refractivity contribution in [2.75, 3.05) is 14.1 Å². The molecule has 104 valence electrons. The van der Waals surface area contributed by atoms with Crippen molar-refractivity contribution in [3.8, 4) is 11.8 Å². The van der Waals surface area contributed by atoms with Gasteiger partial charge in [0.05, 0.1) is 33.5 Å². The fraction of sp³-hybridized carbons (Fsp3) is 0.667. The number of rotatable bonds is 3. The summed E-state index contributed by atoms with van der Waals surface area (Å²) >= 11 is 0. The molecule has 1 saturated heterocycles. The molecular weight excluding hydrogens is 247 g/mol. The van der Waals surface area contributed by atoms with Gasteiger partial charge in [-0.2, -0.15) is 0 Å². The van der Waals surface area contributed by atoms with E-state index >= 15 is 0 Å². The first-order valence-corrected chi connectivity index (χ1v) is 5.63. The van der Waals surface area contributed by atoms with Gasteiger partial charge in [-0.15, -0.1) is 0 Å². The fourth-order valence-corrected chi connectivity index (χ4v) is 1.65. The van der Waals surface area contributed by atoms with Gasteiger partial charge in [0.15, 0.2) is 0 Å². The number of nitrogens with zero attached hydrogens (tertiary/aromatic N) is 2. The van der Waals surface area contributed by atoms with Gasteiger partial charge in [-0.3, -0.25) is 0 Å². The summed E-state index contributed by atoms with van der Waals surface area (Å²) in [7, 11) is -7.07. The lowest BCUT2D eigenvalue weighted by atomic mass is 9.80. The Morgan fingerprint density at radius 1 is 1.11 bits per heavy atom. The topological polar surface area (TPSA) is 62.7 Å². The Morgan fingerprint density at radius 2 is 1.58 bits per heavy atom. The van der Waals surface area contributed by atoms with Crippen molar-refractivity contribution in [3.63, 3.8) is 0 Å². The average molecular weight is 273 g/mol. The van der Waals surface area contributed by atoms with Gasteiger partial charge in [0.1, 0.15) is 13.1 Å². The summed E-state index contributed by atoms with van der Waals surface area (Å²) in [5.74, 6) is -1.13. The molecule has 1 aliphatic rings. The molecule has 6 nitrogen and oxygen atoms in total. The molecule has 1 aliphatic heterocycles. The van der Waals surface area contributed by atoms with Crippen molar-refractivity contribution >= 4 is 12.6 Å². The fourth-order valence-electron chi connectivity index (χ4n) is 1.65. The highest BCUT2D eigenvalue weighted by Gasteiger charge is 2.54. The summed E-state index contributed by atoms with van der Waals surface area (Å²) in [4.78, 5) is 7.28. The van der Waals surface area contributed by atoms with Crippen LogP contribution >= 0.6 is 0 Å². The van der Waals surface area contributed by atoms with Crippen LogP contribution in [0, 0.1) is 0 Å². The number of ether oxygens (including phenoxy) is 2. The van der Waals surface area contributed by atoms with Crippen molar-refractivity contribution < 1.29 is 28.4 Å². The second-order valence-electron chi connectivity index (χ2n) is 5.14. The van der Waals surface area contributed by atoms with Crippen LogP contribution in [0.2, 0.25) is 0 Å². The predicted octanol–water partition coefficient (Wildman–Crippen LogP) is 0.793. The quantitative estimate of drug-likeness (QED) is 0.759. The average Bonchev–Trinajstić information content (AvgIpc) is 2.52. The molecule has 0 radical (unpaired) electrons. The van der Waals surface area contributed by atoms with Crippen molar-refractivity contribution in [1.82, 2.24) is 9.97 Å². The molecule has 19 heavy (non-hydrogen) atoms. The Balaban J connectivity index is 2.60. The number of aromatic nitrogens is 2. The third-order valence-electron chi connectivity index (χ3n) is 3.45. The van der Waals surface area contributed by atoms with E-state index in [0.717, 1.165) is 0 Å². The highest BCUT2D eigenvalue weighted by atomic mass is 16.7. The van der Waals surface area contributed by atoms with Crippen LogP contribution < -0.4 is 14.9 Å². The molecule has 0 N–H and O–H groups in total. The normalized spacial score (nSPS) is 27.2. The van der Waals surface area contributed by atoms with E-state index in [1.54, 1.807) is 27.7 Å². The summed E-state index contributed by atoms with van der Waals surface area (Å²) in [6, 6.07) is 0. The molecule has 0 amide bonds. The third kappa shape index (κ3) is 2.28. The van der Waals surface area contributed by atoms with Gasteiger partial charge >= 0.3 is 7.12 Å². The SMILES string of the molecule is [2H]c1nc(OC([2H])([2H])[2H])c(B2OC(C)(C)C(C)(C)O2)c(OC([2H])([2H])[2H])n1. The Hall–Kier alpha value is -1.34. The summed E-state index contributed by atoms with van der Waals surface area (Å²) in [5, 5.41) is 0. The number of methoxy groups -OCH3 is 2. The first kappa shape index (κ1) is 7.45. The van der Waals surface area contributed by atoms with Crippen LogP contribution in [0.4, 0.5) is 0 Å². The molecule has 0 spiro atoms. The van der Waals surface area contributed by atoms with E-state index in [4.69, 9.17) is 28.4 Å². The minimum absolute atomic E-state index is 0.244. The standard InChI is InChI=1S/C12H19BN2O4/c1-11(2)12(3,4)19-13(18-11)8-9(16-5)14-7-15-10(8)17-6/h7H,1-6H3/i5D3,6D3,7D. The summed E-state index contributed by atoms with van der Waals surface area (Å²) < 4.78 is 72.5. The van der Waals surface area contributed by atoms with E-state index in [1.807, 2.05) is 0 Å². The van der Waals surface area contributed by atoms with Gasteiger partial charge in [0.2, 0.25) is 11.8 Å². The first-order chi connectivity index (χ1) is 11.5. The summed E-state index contributed by atoms with van der Waals surface area (Å²) in [6.07, 6.45) is -0.677. The van der Waals surface area contributed by atoms with E-state index < -0.39 is 50.5 Å². The van der Waals surface area contributed by atoms with Gasteiger partial charge in [0, 0.05) is 0 Å². The third-order valence-corrected chi connectivity index (χ3v) is 3.45. The van der Waals surface area contributed by atoms with E-state index in [9.17, 15) is 0 Å². The van der Waals surface area contributed by atoms with Gasteiger partial charge in [-0.1, -0.05) is 0 Å². The maximum Gasteiger partial charge on any atom is 0.506 e. The summed E-state index contributed by atoms with van der Waals surface area (Å²) in [5.41, 5.74) is -1.87. The van der Waals surface area contributed by atoms with Crippen LogP contribution in [0.15, 0.2) is 6.30 Å². The van der Waals surface area contributed by atoms with Gasteiger partial charge in [0.25, 0.3) is 0 Å². The van der Waals surface area contributed by atoms with Crippen LogP contribution in [-0.2, 0) is 9.31 Å². The predicted molar refractivity (Wildman–Crippen MR) is 70.9 cm³/mol. The molecule has 0 aromatic carbocycles. The number of hydrogen-bond donors (Lipinski definition) is 0. The Bertz CT molecular complexity index is 640. The van der Waals surface area contributed by atoms with Crippen molar-refractivity contribution in [1.29, 1.82) is 0 Å². The molecule has 0 bridgehead atoms. The Morgan fingerprint density at radius 3 is 2.00 bits per heavy atom. The zero-order valence-electron chi connectivity index (χ0n) is 18.1. The Labute approximate surface area is 123 Å². The second-order valence-corrected chi connectivity index (χ2v) is 5.14. The molecule has 0 atom stereocenters. The van der Waals surface area contributed by atoms with Gasteiger partial charge in [-0.05, 0) is 27.7 Å². The highest BCUT2D eigenvalue weighted by molar-refractivity contribution is 6.64. The maximum absolute atomic E-state index is 7.58. The second kappa shape index (κ2) is 4.65. The minimum Gasteiger partial charge on any atom is -0.481 e. The molecule has 2 rings (SSSR count). The zero-order chi connectivity index (χ0) is 20.1. The van der Waals surface area contributed by atoms with E-state index in [1.165, 1.54) is 0 Å². The highest BCUT2D eigenvalue weighted by Crippen LogP contribution is 2.37. The molecule has 0 unspecified atom stereocenters. The molecular formula is C12H19BN2O4. The van der Waals surface area contributed by atoms with Crippen LogP contribution in [0.1, 0.15) is 37.3 Å². The van der Waals surface area contributed by atoms with Crippen LogP contribution in [-0.4, -0.2) is 42.4 Å². The molecule has 2 heterocycles. The molecule has 1 fully saturated rings. The summed E-state index contributed by atoms with van der Waals surface area (Å²) in [6.45, 7) is 7.01. The maximum atomic E-state index is 7.58. The molecule has 0 saturated carbocycles. The van der Waals surface area contributed by atoms with Crippen LogP contribution in [0.3, 0.4) is 0 Å². The smallest absolute Gasteiger partial charge is 0.481 e. The lowest BCUT2D eigenvalue weighted by Gasteiger charge is -2.32. The molecule has 7 heteroatoms. The van der Waals surface area contributed by atoms with Gasteiger partial charge < -0.3 is 18.8 Å². The van der Waals surface area contributed by atoms with Crippen molar-refractivity contribution in [2.24, 2.45) is 0 Å². The lowest BCUT2D eigenvalue weighted by Crippen LogP contribution is -2.41. The van der Waals surface area contributed by atoms with E-state index in [0.29, 0.717) is 0 Å². The monoisotopic (exact) mass is 273 g/mol. The van der Waals surface area contributed by atoms with E-state index in [2.05, 4.69) is 9.97 Å². The van der Waals surface area contributed by atoms with Gasteiger partial charge in [-0.25, -0.2) is 9.97 Å². The van der Waals surface area contributed by atoms with Crippen LogP contribution in [0.25, 0.3) is 0 Å². The molecule has 1 aromatic heterocycles. The molecule has 0 aliphatic carbocycles. The largest absolute Gasteiger partial charge is 0.506 e. The van der Waals surface area contributed by atoms with Crippen molar-refractivity contribution in [2.45, 2.75) is 38.9 Å². The zero-order valence-corrected chi connectivity index (χ0v) is 11.1. The first-order valence-electron chi connectivity index (χ1n) is 9.13. The van der Waals surface area contributed by atoms with Crippen molar-refractivity contribution in [3.05, 3.63) is 6.30 Å². The number of hydrogen-bond acceptors (Lipinski definition) is 6. The van der Waals surface area contributed by atoms with Crippen LogP contribution in [0.5, 0.6) is 11.8 Å². The lowest BCUT2D eigenvalue weighted by molar-refractivity contribution is 0.00578. The van der Waals surface area contributed by atoms with E-state index in [-0.39, 0.29) is 5.46 Å². The minimum atomic E-state index is -2.91. The molecule has 1 aromatic rings.